The summed E-state index contributed by atoms with van der Waals surface area (Å²) in [6, 6.07) is 10.4. The number of nitrogens with zero attached hydrogens (tertiary/aromatic N) is 2. The maximum absolute atomic E-state index is 9.58. The lowest BCUT2D eigenvalue weighted by Crippen LogP contribution is -2.28. The quantitative estimate of drug-likeness (QED) is 0.878. The first kappa shape index (κ1) is 12.9. The van der Waals surface area contributed by atoms with Crippen molar-refractivity contribution < 1.29 is 5.11 Å². The third kappa shape index (κ3) is 2.45. The number of nitrogens with one attached hydrogen (secondary N) is 1. The molecule has 1 aliphatic carbocycles. The third-order valence-electron chi connectivity index (χ3n) is 3.94. The molecule has 1 aromatic carbocycles. The lowest BCUT2D eigenvalue weighted by molar-refractivity contribution is 0.126. The van der Waals surface area contributed by atoms with Crippen molar-refractivity contribution in [2.45, 2.75) is 37.8 Å². The highest BCUT2D eigenvalue weighted by molar-refractivity contribution is 5.93. The van der Waals surface area contributed by atoms with Crippen LogP contribution in [0.1, 0.15) is 31.2 Å². The summed E-state index contributed by atoms with van der Waals surface area (Å²) in [4.78, 5) is 4.32. The van der Waals surface area contributed by atoms with Crippen LogP contribution in [0.5, 0.6) is 0 Å². The van der Waals surface area contributed by atoms with Crippen molar-refractivity contribution in [2.24, 2.45) is 0 Å². The van der Waals surface area contributed by atoms with Crippen LogP contribution >= 0.6 is 0 Å². The molecule has 20 heavy (non-hydrogen) atoms. The fourth-order valence-corrected chi connectivity index (χ4v) is 2.81. The number of benzene rings is 1. The average Bonchev–Trinajstić information content (AvgIpc) is 2.50. The number of nitriles is 1. The van der Waals surface area contributed by atoms with E-state index < -0.39 is 0 Å². The standard InChI is InChI=1S/C16H17N3O/c17-9-11-10-18-15-4-2-1-3-14(15)16(11)19-12-5-7-13(20)8-6-12/h1-4,10,12-13,20H,5-8H2,(H,18,19). The van der Waals surface area contributed by atoms with Crippen molar-refractivity contribution in [1.29, 1.82) is 5.26 Å². The van der Waals surface area contributed by atoms with Crippen LogP contribution < -0.4 is 5.32 Å². The molecular weight excluding hydrogens is 250 g/mol. The Morgan fingerprint density at radius 3 is 2.70 bits per heavy atom. The van der Waals surface area contributed by atoms with Crippen molar-refractivity contribution in [1.82, 2.24) is 4.98 Å². The molecule has 0 unspecified atom stereocenters. The monoisotopic (exact) mass is 267 g/mol. The Bertz CT molecular complexity index is 654. The van der Waals surface area contributed by atoms with Crippen LogP contribution in [0.25, 0.3) is 10.9 Å². The Morgan fingerprint density at radius 2 is 1.95 bits per heavy atom. The molecule has 1 aromatic heterocycles. The van der Waals surface area contributed by atoms with E-state index in [0.717, 1.165) is 42.3 Å². The average molecular weight is 267 g/mol. The van der Waals surface area contributed by atoms with Gasteiger partial charge >= 0.3 is 0 Å². The molecule has 102 valence electrons. The maximum atomic E-state index is 9.58. The third-order valence-corrected chi connectivity index (χ3v) is 3.94. The molecule has 1 aliphatic rings. The molecule has 3 rings (SSSR count). The number of fused-ring (bicyclic) bond motifs is 1. The van der Waals surface area contributed by atoms with Gasteiger partial charge in [0, 0.05) is 17.6 Å². The molecule has 1 fully saturated rings. The second-order valence-electron chi connectivity index (χ2n) is 5.33. The van der Waals surface area contributed by atoms with Crippen LogP contribution in [0.2, 0.25) is 0 Å². The first-order chi connectivity index (χ1) is 9.78. The van der Waals surface area contributed by atoms with E-state index in [1.807, 2.05) is 24.3 Å². The molecule has 0 amide bonds. The molecule has 4 nitrogen and oxygen atoms in total. The van der Waals surface area contributed by atoms with Crippen LogP contribution in [0.3, 0.4) is 0 Å². The lowest BCUT2D eigenvalue weighted by Gasteiger charge is -2.27. The summed E-state index contributed by atoms with van der Waals surface area (Å²) in [5.41, 5.74) is 2.35. The number of hydrogen-bond donors (Lipinski definition) is 2. The SMILES string of the molecule is N#Cc1cnc2ccccc2c1NC1CCC(O)CC1. The van der Waals surface area contributed by atoms with E-state index in [2.05, 4.69) is 16.4 Å². The number of rotatable bonds is 2. The minimum Gasteiger partial charge on any atom is -0.393 e. The Morgan fingerprint density at radius 1 is 1.20 bits per heavy atom. The molecule has 0 saturated heterocycles. The zero-order chi connectivity index (χ0) is 13.9. The highest BCUT2D eigenvalue weighted by atomic mass is 16.3. The van der Waals surface area contributed by atoms with Crippen molar-refractivity contribution in [3.8, 4) is 6.07 Å². The first-order valence-corrected chi connectivity index (χ1v) is 7.00. The predicted octanol–water partition coefficient (Wildman–Crippen LogP) is 2.82. The summed E-state index contributed by atoms with van der Waals surface area (Å²) >= 11 is 0. The molecule has 1 heterocycles. The van der Waals surface area contributed by atoms with Crippen molar-refractivity contribution >= 4 is 16.6 Å². The van der Waals surface area contributed by atoms with Crippen molar-refractivity contribution in [3.63, 3.8) is 0 Å². The van der Waals surface area contributed by atoms with Gasteiger partial charge in [0.1, 0.15) is 6.07 Å². The number of para-hydroxylation sites is 1. The van der Waals surface area contributed by atoms with E-state index in [-0.39, 0.29) is 6.10 Å². The molecule has 0 spiro atoms. The largest absolute Gasteiger partial charge is 0.393 e. The van der Waals surface area contributed by atoms with Crippen LogP contribution in [-0.4, -0.2) is 22.2 Å². The Kier molecular flexibility index (Phi) is 3.53. The summed E-state index contributed by atoms with van der Waals surface area (Å²) in [7, 11) is 0. The van der Waals surface area contributed by atoms with Gasteiger partial charge in [0.2, 0.25) is 0 Å². The van der Waals surface area contributed by atoms with E-state index in [1.165, 1.54) is 0 Å². The Hall–Kier alpha value is -2.12. The molecule has 1 saturated carbocycles. The number of hydrogen-bond acceptors (Lipinski definition) is 4. The van der Waals surface area contributed by atoms with Gasteiger partial charge in [-0.2, -0.15) is 5.26 Å². The Balaban J connectivity index is 1.95. The molecule has 2 aromatic rings. The second kappa shape index (κ2) is 5.48. The van der Waals surface area contributed by atoms with E-state index in [1.54, 1.807) is 6.20 Å². The maximum Gasteiger partial charge on any atom is 0.103 e. The van der Waals surface area contributed by atoms with E-state index in [0.29, 0.717) is 11.6 Å². The van der Waals surface area contributed by atoms with Gasteiger partial charge in [0.25, 0.3) is 0 Å². The summed E-state index contributed by atoms with van der Waals surface area (Å²) < 4.78 is 0. The molecule has 0 aliphatic heterocycles. The number of aromatic nitrogens is 1. The molecular formula is C16H17N3O. The normalized spacial score (nSPS) is 22.4. The van der Waals surface area contributed by atoms with Gasteiger partial charge < -0.3 is 10.4 Å². The number of pyridine rings is 1. The van der Waals surface area contributed by atoms with Gasteiger partial charge in [0.05, 0.1) is 22.9 Å². The fourth-order valence-electron chi connectivity index (χ4n) is 2.81. The molecule has 0 radical (unpaired) electrons. The number of anilines is 1. The van der Waals surface area contributed by atoms with Crippen molar-refractivity contribution in [3.05, 3.63) is 36.0 Å². The minimum atomic E-state index is -0.169. The minimum absolute atomic E-state index is 0.169. The van der Waals surface area contributed by atoms with Crippen LogP contribution in [-0.2, 0) is 0 Å². The van der Waals surface area contributed by atoms with Crippen molar-refractivity contribution in [2.75, 3.05) is 5.32 Å². The summed E-state index contributed by atoms with van der Waals surface area (Å²) in [6.45, 7) is 0. The highest BCUT2D eigenvalue weighted by Crippen LogP contribution is 2.29. The van der Waals surface area contributed by atoms with Gasteiger partial charge in [-0.05, 0) is 31.7 Å². The molecule has 0 atom stereocenters. The predicted molar refractivity (Wildman–Crippen MR) is 78.3 cm³/mol. The zero-order valence-electron chi connectivity index (χ0n) is 11.2. The number of aliphatic hydroxyl groups is 1. The van der Waals surface area contributed by atoms with Crippen LogP contribution in [0.15, 0.2) is 30.5 Å². The van der Waals surface area contributed by atoms with Gasteiger partial charge in [-0.25, -0.2) is 0 Å². The highest BCUT2D eigenvalue weighted by Gasteiger charge is 2.20. The van der Waals surface area contributed by atoms with E-state index in [4.69, 9.17) is 0 Å². The number of aliphatic hydroxyl groups excluding tert-OH is 1. The lowest BCUT2D eigenvalue weighted by atomic mass is 9.92. The molecule has 4 heteroatoms. The van der Waals surface area contributed by atoms with Crippen LogP contribution in [0, 0.1) is 11.3 Å². The van der Waals surface area contributed by atoms with Crippen LogP contribution in [0.4, 0.5) is 5.69 Å². The Labute approximate surface area is 118 Å². The van der Waals surface area contributed by atoms with E-state index >= 15 is 0 Å². The van der Waals surface area contributed by atoms with Gasteiger partial charge in [-0.15, -0.1) is 0 Å². The fraction of sp³-hybridized carbons (Fsp3) is 0.375. The summed E-state index contributed by atoms with van der Waals surface area (Å²) in [6.07, 6.45) is 4.97. The topological polar surface area (TPSA) is 68.9 Å². The second-order valence-corrected chi connectivity index (χ2v) is 5.33. The summed E-state index contributed by atoms with van der Waals surface area (Å²) in [5, 5.41) is 23.3. The first-order valence-electron chi connectivity index (χ1n) is 7.00. The molecule has 2 N–H and O–H groups in total. The summed E-state index contributed by atoms with van der Waals surface area (Å²) in [5.74, 6) is 0. The zero-order valence-corrected chi connectivity index (χ0v) is 11.2. The van der Waals surface area contributed by atoms with Gasteiger partial charge in [-0.1, -0.05) is 18.2 Å². The molecule has 0 bridgehead atoms. The smallest absolute Gasteiger partial charge is 0.103 e. The van der Waals surface area contributed by atoms with Gasteiger partial charge in [0.15, 0.2) is 0 Å². The van der Waals surface area contributed by atoms with E-state index in [9.17, 15) is 10.4 Å². The van der Waals surface area contributed by atoms with Gasteiger partial charge in [-0.3, -0.25) is 4.98 Å².